The number of benzene rings is 1. The monoisotopic (exact) mass is 254 g/mol. The second-order valence-corrected chi connectivity index (χ2v) is 4.26. The molecule has 0 aliphatic carbocycles. The maximum atomic E-state index is 9.94. The van der Waals surface area contributed by atoms with E-state index in [1.54, 1.807) is 0 Å². The molecule has 0 saturated carbocycles. The molecule has 18 heavy (non-hydrogen) atoms. The molecule has 1 fully saturated rings. The third kappa shape index (κ3) is 3.07. The fraction of sp³-hybridized carbons (Fsp3) is 0.538. The highest BCUT2D eigenvalue weighted by molar-refractivity contribution is 5.13. The molecule has 0 spiro atoms. The summed E-state index contributed by atoms with van der Waals surface area (Å²) < 4.78 is 15.7. The highest BCUT2D eigenvalue weighted by atomic mass is 16.7. The molecule has 100 valence electrons. The fourth-order valence-corrected chi connectivity index (χ4v) is 1.95. The lowest BCUT2D eigenvalue weighted by Crippen LogP contribution is -2.54. The number of hydrogen-bond acceptors (Lipinski definition) is 5. The van der Waals surface area contributed by atoms with Gasteiger partial charge in [-0.15, -0.1) is 0 Å². The van der Waals surface area contributed by atoms with Gasteiger partial charge in [0.15, 0.2) is 6.29 Å². The highest BCUT2D eigenvalue weighted by Gasteiger charge is 2.39. The van der Waals surface area contributed by atoms with Gasteiger partial charge in [0.05, 0.1) is 13.2 Å². The van der Waals surface area contributed by atoms with Crippen molar-refractivity contribution >= 4 is 0 Å². The Morgan fingerprint density at radius 2 is 2.00 bits per heavy atom. The van der Waals surface area contributed by atoms with Gasteiger partial charge in [0.25, 0.3) is 0 Å². The molecule has 4 unspecified atom stereocenters. The van der Waals surface area contributed by atoms with Gasteiger partial charge in [0.2, 0.25) is 0 Å². The third-order valence-electron chi connectivity index (χ3n) is 2.94. The van der Waals surface area contributed by atoms with Gasteiger partial charge in [-0.3, -0.25) is 0 Å². The van der Waals surface area contributed by atoms with Crippen LogP contribution in [0.5, 0.6) is 0 Å². The zero-order valence-corrected chi connectivity index (χ0v) is 10.2. The van der Waals surface area contributed by atoms with Crippen molar-refractivity contribution in [2.45, 2.75) is 31.2 Å². The summed E-state index contributed by atoms with van der Waals surface area (Å²) in [6.45, 7) is 0.422. The number of hydrogen-bond donors (Lipinski definition) is 2. The smallest absolute Gasteiger partial charge is 0.185 e. The lowest BCUT2D eigenvalue weighted by atomic mass is 10.1. The van der Waals surface area contributed by atoms with E-state index in [1.807, 2.05) is 30.3 Å². The number of methoxy groups -OCH3 is 1. The van der Waals surface area contributed by atoms with Crippen molar-refractivity contribution in [1.82, 2.24) is 0 Å². The molecule has 1 aromatic rings. The molecule has 1 aliphatic rings. The molecule has 5 nitrogen and oxygen atoms in total. The standard InChI is InChI=1S/C13H18O5/c1-16-13-11(15)12(10(14)8-18-13)17-7-9-5-3-2-4-6-9/h2-6,10-15H,7-8H2,1H3. The summed E-state index contributed by atoms with van der Waals surface area (Å²) in [5.74, 6) is 0. The molecule has 1 saturated heterocycles. The molecular formula is C13H18O5. The lowest BCUT2D eigenvalue weighted by Gasteiger charge is -2.36. The zero-order chi connectivity index (χ0) is 13.0. The molecule has 1 aliphatic heterocycles. The van der Waals surface area contributed by atoms with Crippen LogP contribution in [-0.2, 0) is 20.8 Å². The summed E-state index contributed by atoms with van der Waals surface area (Å²) >= 11 is 0. The molecule has 1 heterocycles. The van der Waals surface area contributed by atoms with E-state index in [0.717, 1.165) is 5.56 Å². The number of rotatable bonds is 4. The third-order valence-corrected chi connectivity index (χ3v) is 2.94. The average molecular weight is 254 g/mol. The van der Waals surface area contributed by atoms with E-state index < -0.39 is 24.6 Å². The van der Waals surface area contributed by atoms with Crippen molar-refractivity contribution < 1.29 is 24.4 Å². The molecule has 0 bridgehead atoms. The molecule has 0 radical (unpaired) electrons. The number of aliphatic hydroxyl groups excluding tert-OH is 2. The van der Waals surface area contributed by atoms with Gasteiger partial charge in [-0.05, 0) is 5.56 Å². The molecule has 0 amide bonds. The van der Waals surface area contributed by atoms with E-state index in [2.05, 4.69) is 0 Å². The minimum atomic E-state index is -0.998. The summed E-state index contributed by atoms with van der Waals surface area (Å²) in [4.78, 5) is 0. The van der Waals surface area contributed by atoms with E-state index in [1.165, 1.54) is 7.11 Å². The van der Waals surface area contributed by atoms with Crippen molar-refractivity contribution in [2.75, 3.05) is 13.7 Å². The Kier molecular flexibility index (Phi) is 4.68. The predicted octanol–water partition coefficient (Wildman–Crippen LogP) is 0.296. The van der Waals surface area contributed by atoms with E-state index >= 15 is 0 Å². The zero-order valence-electron chi connectivity index (χ0n) is 10.2. The lowest BCUT2D eigenvalue weighted by molar-refractivity contribution is -0.272. The summed E-state index contributed by atoms with van der Waals surface area (Å²) in [6.07, 6.45) is -3.31. The Morgan fingerprint density at radius 1 is 1.28 bits per heavy atom. The summed E-state index contributed by atoms with van der Waals surface area (Å²) in [7, 11) is 1.44. The van der Waals surface area contributed by atoms with Gasteiger partial charge in [0.1, 0.15) is 18.3 Å². The van der Waals surface area contributed by atoms with Crippen LogP contribution >= 0.6 is 0 Å². The summed E-state index contributed by atoms with van der Waals surface area (Å²) in [5.41, 5.74) is 0.984. The minimum Gasteiger partial charge on any atom is -0.388 e. The van der Waals surface area contributed by atoms with E-state index in [4.69, 9.17) is 14.2 Å². The Bertz CT molecular complexity index is 356. The van der Waals surface area contributed by atoms with Crippen molar-refractivity contribution in [3.63, 3.8) is 0 Å². The first-order valence-electron chi connectivity index (χ1n) is 5.88. The van der Waals surface area contributed by atoms with Gasteiger partial charge in [-0.2, -0.15) is 0 Å². The van der Waals surface area contributed by atoms with Crippen LogP contribution in [0.1, 0.15) is 5.56 Å². The maximum absolute atomic E-state index is 9.94. The van der Waals surface area contributed by atoms with Gasteiger partial charge in [-0.25, -0.2) is 0 Å². The van der Waals surface area contributed by atoms with Crippen molar-refractivity contribution in [3.05, 3.63) is 35.9 Å². The second-order valence-electron chi connectivity index (χ2n) is 4.26. The molecule has 5 heteroatoms. The Labute approximate surface area is 106 Å². The molecule has 1 aromatic carbocycles. The SMILES string of the molecule is COC1OCC(O)C(OCc2ccccc2)C1O. The largest absolute Gasteiger partial charge is 0.388 e. The first-order valence-corrected chi connectivity index (χ1v) is 5.88. The molecule has 0 aromatic heterocycles. The van der Waals surface area contributed by atoms with Crippen LogP contribution in [-0.4, -0.2) is 48.5 Å². The number of aliphatic hydroxyl groups is 2. The van der Waals surface area contributed by atoms with Crippen LogP contribution in [0.3, 0.4) is 0 Å². The van der Waals surface area contributed by atoms with E-state index in [9.17, 15) is 10.2 Å². The van der Waals surface area contributed by atoms with Crippen molar-refractivity contribution in [2.24, 2.45) is 0 Å². The van der Waals surface area contributed by atoms with Gasteiger partial charge in [-0.1, -0.05) is 30.3 Å². The van der Waals surface area contributed by atoms with Crippen LogP contribution in [0, 0.1) is 0 Å². The average Bonchev–Trinajstić information content (AvgIpc) is 2.40. The van der Waals surface area contributed by atoms with Gasteiger partial charge >= 0.3 is 0 Å². The summed E-state index contributed by atoms with van der Waals surface area (Å²) in [5, 5.41) is 19.7. The van der Waals surface area contributed by atoms with E-state index in [-0.39, 0.29) is 6.61 Å². The van der Waals surface area contributed by atoms with Crippen molar-refractivity contribution in [1.29, 1.82) is 0 Å². The Balaban J connectivity index is 1.94. The molecule has 2 N–H and O–H groups in total. The molecule has 2 rings (SSSR count). The molecular weight excluding hydrogens is 236 g/mol. The summed E-state index contributed by atoms with van der Waals surface area (Å²) in [6, 6.07) is 9.58. The quantitative estimate of drug-likeness (QED) is 0.808. The van der Waals surface area contributed by atoms with Crippen LogP contribution in [0.25, 0.3) is 0 Å². The Morgan fingerprint density at radius 3 is 2.67 bits per heavy atom. The fourth-order valence-electron chi connectivity index (χ4n) is 1.95. The normalized spacial score (nSPS) is 32.4. The van der Waals surface area contributed by atoms with Gasteiger partial charge < -0.3 is 24.4 Å². The minimum absolute atomic E-state index is 0.0923. The first-order chi connectivity index (χ1) is 8.72. The van der Waals surface area contributed by atoms with Crippen molar-refractivity contribution in [3.8, 4) is 0 Å². The van der Waals surface area contributed by atoms with Crippen LogP contribution in [0.15, 0.2) is 30.3 Å². The topological polar surface area (TPSA) is 68.2 Å². The number of ether oxygens (including phenoxy) is 3. The molecule has 4 atom stereocenters. The maximum Gasteiger partial charge on any atom is 0.185 e. The van der Waals surface area contributed by atoms with Crippen LogP contribution in [0.4, 0.5) is 0 Å². The van der Waals surface area contributed by atoms with E-state index in [0.29, 0.717) is 6.61 Å². The predicted molar refractivity (Wildman–Crippen MR) is 63.8 cm³/mol. The van der Waals surface area contributed by atoms with Crippen LogP contribution in [0.2, 0.25) is 0 Å². The highest BCUT2D eigenvalue weighted by Crippen LogP contribution is 2.20. The second kappa shape index (κ2) is 6.26. The Hall–Kier alpha value is -0.980. The van der Waals surface area contributed by atoms with Crippen LogP contribution < -0.4 is 0 Å². The van der Waals surface area contributed by atoms with Gasteiger partial charge in [0, 0.05) is 7.11 Å². The first kappa shape index (κ1) is 13.5.